The summed E-state index contributed by atoms with van der Waals surface area (Å²) < 4.78 is 7.74. The number of aromatic nitrogens is 4. The lowest BCUT2D eigenvalue weighted by molar-refractivity contribution is -0.00960. The molecule has 0 amide bonds. The van der Waals surface area contributed by atoms with Crippen LogP contribution in [0.3, 0.4) is 0 Å². The summed E-state index contributed by atoms with van der Waals surface area (Å²) in [6, 6.07) is 16.4. The van der Waals surface area contributed by atoms with Gasteiger partial charge in [-0.15, -0.1) is 5.10 Å². The van der Waals surface area contributed by atoms with E-state index in [0.29, 0.717) is 17.5 Å². The number of rotatable bonds is 7. The lowest BCUT2D eigenvalue weighted by atomic mass is 9.89. The number of aryl methyl sites for hydroxylation is 2. The Morgan fingerprint density at radius 3 is 2.89 bits per heavy atom. The lowest BCUT2D eigenvalue weighted by Crippen LogP contribution is -2.22. The highest BCUT2D eigenvalue weighted by Crippen LogP contribution is 2.32. The van der Waals surface area contributed by atoms with Gasteiger partial charge in [0.25, 0.3) is 0 Å². The molecule has 0 unspecified atom stereocenters. The zero-order valence-corrected chi connectivity index (χ0v) is 16.7. The van der Waals surface area contributed by atoms with Gasteiger partial charge in [0.1, 0.15) is 0 Å². The molecule has 2 atom stereocenters. The van der Waals surface area contributed by atoms with Crippen LogP contribution < -0.4 is 0 Å². The highest BCUT2D eigenvalue weighted by Gasteiger charge is 2.21. The average molecular weight is 397 g/mol. The number of thioether (sulfide) groups is 1. The molecule has 1 aliphatic rings. The Morgan fingerprint density at radius 2 is 2.04 bits per heavy atom. The molecule has 7 heteroatoms. The van der Waals surface area contributed by atoms with E-state index in [1.54, 1.807) is 4.68 Å². The number of tetrazole rings is 1. The van der Waals surface area contributed by atoms with Crippen LogP contribution in [-0.4, -0.2) is 43.8 Å². The third-order valence-corrected chi connectivity index (χ3v) is 5.99. The molecule has 28 heavy (non-hydrogen) atoms. The Bertz CT molecular complexity index is 913. The summed E-state index contributed by atoms with van der Waals surface area (Å²) in [6.45, 7) is 2.35. The maximum absolute atomic E-state index is 10.4. The molecule has 1 aliphatic carbocycles. The first-order chi connectivity index (χ1) is 13.7. The first-order valence-corrected chi connectivity index (χ1v) is 10.5. The van der Waals surface area contributed by atoms with Crippen molar-refractivity contribution < 1.29 is 9.84 Å². The zero-order chi connectivity index (χ0) is 19.3. The van der Waals surface area contributed by atoms with E-state index in [1.807, 2.05) is 31.2 Å². The van der Waals surface area contributed by atoms with Crippen molar-refractivity contribution in [3.05, 3.63) is 65.2 Å². The van der Waals surface area contributed by atoms with E-state index in [1.165, 1.54) is 28.5 Å². The second kappa shape index (κ2) is 8.86. The molecule has 146 valence electrons. The van der Waals surface area contributed by atoms with Crippen molar-refractivity contribution >= 4 is 11.8 Å². The van der Waals surface area contributed by atoms with Gasteiger partial charge in [0.2, 0.25) is 5.16 Å². The van der Waals surface area contributed by atoms with Crippen LogP contribution in [0.5, 0.6) is 0 Å². The molecule has 1 aromatic heterocycles. The standard InChI is InChI=1S/C21H24N4O2S/c1-15-9-11-17(12-10-15)25-21(22-23-24-25)28-14-18(26)13-27-20-8-4-6-16-5-2-3-7-19(16)20/h2-3,5,7,9-12,18,20,26H,4,6,8,13-14H2,1H3/t18-,20-/m1/s1. The summed E-state index contributed by atoms with van der Waals surface area (Å²) in [7, 11) is 0. The molecule has 0 spiro atoms. The van der Waals surface area contributed by atoms with Crippen molar-refractivity contribution in [3.63, 3.8) is 0 Å². The number of nitrogens with zero attached hydrogens (tertiary/aromatic N) is 4. The highest BCUT2D eigenvalue weighted by molar-refractivity contribution is 7.99. The number of fused-ring (bicyclic) bond motifs is 1. The highest BCUT2D eigenvalue weighted by atomic mass is 32.2. The molecule has 1 heterocycles. The summed E-state index contributed by atoms with van der Waals surface area (Å²) >= 11 is 1.43. The molecular formula is C21H24N4O2S. The average Bonchev–Trinajstić information content (AvgIpc) is 3.20. The van der Waals surface area contributed by atoms with Crippen LogP contribution >= 0.6 is 11.8 Å². The molecular weight excluding hydrogens is 372 g/mol. The Morgan fingerprint density at radius 1 is 1.21 bits per heavy atom. The van der Waals surface area contributed by atoms with Gasteiger partial charge in [-0.3, -0.25) is 0 Å². The number of hydrogen-bond acceptors (Lipinski definition) is 6. The molecule has 1 N–H and O–H groups in total. The molecule has 4 rings (SSSR count). The fraction of sp³-hybridized carbons (Fsp3) is 0.381. The van der Waals surface area contributed by atoms with E-state index in [0.717, 1.165) is 24.9 Å². The quantitative estimate of drug-likeness (QED) is 0.616. The molecule has 2 aromatic carbocycles. The predicted molar refractivity (Wildman–Crippen MR) is 109 cm³/mol. The van der Waals surface area contributed by atoms with Crippen LogP contribution in [0, 0.1) is 6.92 Å². The monoisotopic (exact) mass is 396 g/mol. The first-order valence-electron chi connectivity index (χ1n) is 9.56. The van der Waals surface area contributed by atoms with E-state index in [-0.39, 0.29) is 6.10 Å². The Labute approximate surface area is 168 Å². The summed E-state index contributed by atoms with van der Waals surface area (Å²) in [5.74, 6) is 0.473. The topological polar surface area (TPSA) is 73.1 Å². The maximum atomic E-state index is 10.4. The summed E-state index contributed by atoms with van der Waals surface area (Å²) in [4.78, 5) is 0. The molecule has 0 saturated heterocycles. The summed E-state index contributed by atoms with van der Waals surface area (Å²) in [5, 5.41) is 23.0. The maximum Gasteiger partial charge on any atom is 0.214 e. The molecule has 3 aromatic rings. The minimum Gasteiger partial charge on any atom is -0.390 e. The van der Waals surface area contributed by atoms with E-state index < -0.39 is 6.10 Å². The van der Waals surface area contributed by atoms with Crippen molar-refractivity contribution in [2.45, 2.75) is 43.6 Å². The Kier molecular flexibility index (Phi) is 6.04. The largest absolute Gasteiger partial charge is 0.390 e. The number of hydrogen-bond donors (Lipinski definition) is 1. The number of aliphatic hydroxyl groups is 1. The van der Waals surface area contributed by atoms with Crippen LogP contribution in [0.15, 0.2) is 53.7 Å². The van der Waals surface area contributed by atoms with E-state index in [9.17, 15) is 5.11 Å². The van der Waals surface area contributed by atoms with Gasteiger partial charge in [0.15, 0.2) is 0 Å². The van der Waals surface area contributed by atoms with Gasteiger partial charge >= 0.3 is 0 Å². The first kappa shape index (κ1) is 19.1. The summed E-state index contributed by atoms with van der Waals surface area (Å²) in [6.07, 6.45) is 2.72. The van der Waals surface area contributed by atoms with Gasteiger partial charge in [-0.05, 0) is 59.9 Å². The second-order valence-electron chi connectivity index (χ2n) is 7.09. The fourth-order valence-electron chi connectivity index (χ4n) is 3.45. The van der Waals surface area contributed by atoms with Gasteiger partial charge in [0, 0.05) is 5.75 Å². The Balaban J connectivity index is 1.32. The van der Waals surface area contributed by atoms with Gasteiger partial charge in [-0.25, -0.2) is 0 Å². The molecule has 0 saturated carbocycles. The van der Waals surface area contributed by atoms with Crippen LogP contribution in [0.1, 0.15) is 35.6 Å². The van der Waals surface area contributed by atoms with E-state index in [4.69, 9.17) is 4.74 Å². The third kappa shape index (κ3) is 4.43. The zero-order valence-electron chi connectivity index (χ0n) is 15.9. The molecule has 6 nitrogen and oxygen atoms in total. The molecule has 0 fully saturated rings. The number of aliphatic hydroxyl groups excluding tert-OH is 1. The molecule has 0 aliphatic heterocycles. The third-order valence-electron chi connectivity index (χ3n) is 4.93. The SMILES string of the molecule is Cc1ccc(-n2nnnc2SC[C@H](O)CO[C@@H]2CCCc3ccccc32)cc1. The van der Waals surface area contributed by atoms with Crippen LogP contribution in [0.25, 0.3) is 5.69 Å². The minimum absolute atomic E-state index is 0.0717. The van der Waals surface area contributed by atoms with Gasteiger partial charge in [-0.2, -0.15) is 4.68 Å². The van der Waals surface area contributed by atoms with Crippen LogP contribution in [0.2, 0.25) is 0 Å². The van der Waals surface area contributed by atoms with Crippen LogP contribution in [-0.2, 0) is 11.2 Å². The lowest BCUT2D eigenvalue weighted by Gasteiger charge is -2.26. The Hall–Kier alpha value is -2.22. The fourth-order valence-corrected chi connectivity index (χ4v) is 4.24. The number of ether oxygens (including phenoxy) is 1. The van der Waals surface area contributed by atoms with Gasteiger partial charge in [0.05, 0.1) is 24.5 Å². The summed E-state index contributed by atoms with van der Waals surface area (Å²) in [5.41, 5.74) is 4.71. The van der Waals surface area contributed by atoms with Gasteiger partial charge < -0.3 is 9.84 Å². The van der Waals surface area contributed by atoms with Crippen molar-refractivity contribution in [1.82, 2.24) is 20.2 Å². The minimum atomic E-state index is -0.581. The van der Waals surface area contributed by atoms with E-state index >= 15 is 0 Å². The number of benzene rings is 2. The second-order valence-corrected chi connectivity index (χ2v) is 8.07. The van der Waals surface area contributed by atoms with E-state index in [2.05, 4.69) is 39.8 Å². The molecule has 0 radical (unpaired) electrons. The predicted octanol–water partition coefficient (Wildman–Crippen LogP) is 3.52. The molecule has 0 bridgehead atoms. The van der Waals surface area contributed by atoms with Crippen molar-refractivity contribution in [2.75, 3.05) is 12.4 Å². The van der Waals surface area contributed by atoms with Crippen molar-refractivity contribution in [3.8, 4) is 5.69 Å². The van der Waals surface area contributed by atoms with Crippen molar-refractivity contribution in [1.29, 1.82) is 0 Å². The van der Waals surface area contributed by atoms with Crippen LogP contribution in [0.4, 0.5) is 0 Å². The smallest absolute Gasteiger partial charge is 0.214 e. The normalized spacial score (nSPS) is 17.3. The van der Waals surface area contributed by atoms with Gasteiger partial charge in [-0.1, -0.05) is 53.7 Å². The van der Waals surface area contributed by atoms with Crippen molar-refractivity contribution in [2.24, 2.45) is 0 Å².